The molecule has 0 bridgehead atoms. The van der Waals surface area contributed by atoms with E-state index in [1.807, 2.05) is 24.1 Å². The highest BCUT2D eigenvalue weighted by Crippen LogP contribution is 2.45. The maximum Gasteiger partial charge on any atom is 0.263 e. The van der Waals surface area contributed by atoms with Crippen molar-refractivity contribution in [3.8, 4) is 0 Å². The van der Waals surface area contributed by atoms with Gasteiger partial charge in [0.2, 0.25) is 5.91 Å². The van der Waals surface area contributed by atoms with E-state index in [0.717, 1.165) is 11.1 Å². The largest absolute Gasteiger partial charge is 0.273 e. The molecular formula is C20H27N3O3S. The van der Waals surface area contributed by atoms with Crippen molar-refractivity contribution in [2.45, 2.75) is 57.5 Å². The topological polar surface area (TPSA) is 60.9 Å². The number of sulfonamides is 1. The van der Waals surface area contributed by atoms with Crippen LogP contribution in [-0.4, -0.2) is 53.8 Å². The summed E-state index contributed by atoms with van der Waals surface area (Å²) in [4.78, 5) is 12.8. The van der Waals surface area contributed by atoms with Crippen molar-refractivity contribution in [3.63, 3.8) is 0 Å². The third-order valence-corrected chi connectivity index (χ3v) is 7.52. The van der Waals surface area contributed by atoms with E-state index >= 15 is 0 Å². The van der Waals surface area contributed by atoms with Crippen LogP contribution in [0.4, 0.5) is 0 Å². The van der Waals surface area contributed by atoms with E-state index in [1.54, 1.807) is 18.3 Å². The van der Waals surface area contributed by atoms with Crippen LogP contribution in [0, 0.1) is 12.3 Å². The van der Waals surface area contributed by atoms with Crippen LogP contribution in [0.5, 0.6) is 0 Å². The van der Waals surface area contributed by atoms with E-state index in [4.69, 9.17) is 0 Å². The van der Waals surface area contributed by atoms with Crippen molar-refractivity contribution in [2.24, 2.45) is 5.41 Å². The number of hydrogen-bond acceptors (Lipinski definition) is 4. The van der Waals surface area contributed by atoms with Crippen LogP contribution in [-0.2, 0) is 14.8 Å². The van der Waals surface area contributed by atoms with E-state index in [0.29, 0.717) is 30.8 Å². The Kier molecular flexibility index (Phi) is 4.16. The van der Waals surface area contributed by atoms with Crippen LogP contribution in [0.1, 0.15) is 39.2 Å². The Bertz CT molecular complexity index is 899. The fraction of sp³-hybridized carbons (Fsp3) is 0.550. The lowest BCUT2D eigenvalue weighted by molar-refractivity contribution is -0.139. The van der Waals surface area contributed by atoms with Crippen molar-refractivity contribution in [3.05, 3.63) is 41.6 Å². The number of benzene rings is 1. The third-order valence-electron chi connectivity index (χ3n) is 5.74. The second-order valence-corrected chi connectivity index (χ2v) is 10.7. The quantitative estimate of drug-likeness (QED) is 0.780. The van der Waals surface area contributed by atoms with Gasteiger partial charge in [0, 0.05) is 25.7 Å². The van der Waals surface area contributed by atoms with Gasteiger partial charge in [-0.05, 0) is 36.5 Å². The molecule has 0 saturated carbocycles. The molecule has 0 N–H and O–H groups in total. The van der Waals surface area contributed by atoms with Crippen LogP contribution >= 0.6 is 0 Å². The molecule has 6 nitrogen and oxygen atoms in total. The summed E-state index contributed by atoms with van der Waals surface area (Å²) in [6, 6.07) is 6.98. The lowest BCUT2D eigenvalue weighted by Gasteiger charge is -2.35. The number of fused-ring (bicyclic) bond motifs is 3. The summed E-state index contributed by atoms with van der Waals surface area (Å²) < 4.78 is 27.8. The van der Waals surface area contributed by atoms with Gasteiger partial charge in [0.1, 0.15) is 0 Å². The van der Waals surface area contributed by atoms with Crippen LogP contribution < -0.4 is 0 Å². The molecule has 2 saturated heterocycles. The zero-order valence-corrected chi connectivity index (χ0v) is 17.2. The van der Waals surface area contributed by atoms with E-state index in [1.165, 1.54) is 4.31 Å². The molecule has 0 radical (unpaired) electrons. The molecular weight excluding hydrogens is 362 g/mol. The van der Waals surface area contributed by atoms with Gasteiger partial charge in [-0.25, -0.2) is 13.4 Å². The first-order chi connectivity index (χ1) is 12.6. The third kappa shape index (κ3) is 2.88. The van der Waals surface area contributed by atoms with Gasteiger partial charge in [0.15, 0.2) is 0 Å². The first kappa shape index (κ1) is 18.5. The fourth-order valence-electron chi connectivity index (χ4n) is 4.59. The first-order valence-corrected chi connectivity index (χ1v) is 10.9. The van der Waals surface area contributed by atoms with Gasteiger partial charge in [-0.15, -0.1) is 0 Å². The molecule has 1 aromatic rings. The molecule has 3 heterocycles. The molecule has 1 aromatic carbocycles. The Morgan fingerprint density at radius 2 is 1.74 bits per heavy atom. The van der Waals surface area contributed by atoms with E-state index in [-0.39, 0.29) is 23.4 Å². The summed E-state index contributed by atoms with van der Waals surface area (Å²) in [6.45, 7) is 9.48. The smallest absolute Gasteiger partial charge is 0.263 e. The molecule has 0 unspecified atom stereocenters. The summed E-state index contributed by atoms with van der Waals surface area (Å²) in [5, 5.41) is 4.04. The average molecular weight is 390 g/mol. The van der Waals surface area contributed by atoms with Gasteiger partial charge in [0.25, 0.3) is 10.0 Å². The lowest BCUT2D eigenvalue weighted by atomic mass is 9.79. The summed E-state index contributed by atoms with van der Waals surface area (Å²) >= 11 is 0. The summed E-state index contributed by atoms with van der Waals surface area (Å²) in [6.07, 6.45) is 2.97. The zero-order valence-electron chi connectivity index (χ0n) is 16.3. The molecule has 146 valence electrons. The highest BCUT2D eigenvalue weighted by molar-refractivity contribution is 7.89. The number of rotatable bonds is 2. The lowest BCUT2D eigenvalue weighted by Crippen LogP contribution is -2.44. The van der Waals surface area contributed by atoms with Gasteiger partial charge < -0.3 is 0 Å². The molecule has 3 aliphatic heterocycles. The van der Waals surface area contributed by atoms with Gasteiger partial charge in [-0.2, -0.15) is 0 Å². The number of hydrazine groups is 1. The SMILES string of the molecule is Cc1ccc(S(=O)(=O)N2C=C3[C@H](CC2)N2C(=O)CCN2[C@H]3C(C)(C)C)cc1. The molecule has 2 atom stereocenters. The van der Waals surface area contributed by atoms with Gasteiger partial charge >= 0.3 is 0 Å². The maximum atomic E-state index is 13.1. The zero-order chi connectivity index (χ0) is 19.6. The van der Waals surface area contributed by atoms with Crippen LogP contribution in [0.3, 0.4) is 0 Å². The van der Waals surface area contributed by atoms with Crippen LogP contribution in [0.15, 0.2) is 40.9 Å². The predicted octanol–water partition coefficient (Wildman–Crippen LogP) is 2.52. The van der Waals surface area contributed by atoms with Gasteiger partial charge in [-0.1, -0.05) is 38.5 Å². The Labute approximate surface area is 161 Å². The highest BCUT2D eigenvalue weighted by Gasteiger charge is 2.54. The Morgan fingerprint density at radius 1 is 1.07 bits per heavy atom. The average Bonchev–Trinajstić information content (AvgIpc) is 3.11. The fourth-order valence-corrected chi connectivity index (χ4v) is 5.94. The van der Waals surface area contributed by atoms with Crippen molar-refractivity contribution < 1.29 is 13.2 Å². The van der Waals surface area contributed by atoms with Crippen molar-refractivity contribution in [2.75, 3.05) is 13.1 Å². The minimum Gasteiger partial charge on any atom is -0.273 e. The normalized spacial score (nSPS) is 26.2. The molecule has 4 rings (SSSR count). The molecule has 0 spiro atoms. The number of carbonyl (C=O) groups excluding carboxylic acids is 1. The summed E-state index contributed by atoms with van der Waals surface area (Å²) in [7, 11) is -3.59. The molecule has 3 aliphatic rings. The molecule has 0 aromatic heterocycles. The molecule has 2 fully saturated rings. The minimum atomic E-state index is -3.59. The Balaban J connectivity index is 1.75. The Hall–Kier alpha value is -1.86. The molecule has 1 amide bonds. The Morgan fingerprint density at radius 3 is 2.37 bits per heavy atom. The van der Waals surface area contributed by atoms with E-state index in [2.05, 4.69) is 25.8 Å². The van der Waals surface area contributed by atoms with Crippen molar-refractivity contribution in [1.82, 2.24) is 14.3 Å². The summed E-state index contributed by atoms with van der Waals surface area (Å²) in [5.74, 6) is 0.146. The predicted molar refractivity (Wildman–Crippen MR) is 103 cm³/mol. The highest BCUT2D eigenvalue weighted by atomic mass is 32.2. The minimum absolute atomic E-state index is 0.0197. The summed E-state index contributed by atoms with van der Waals surface area (Å²) in [5.41, 5.74) is 1.97. The number of nitrogens with zero attached hydrogens (tertiary/aromatic N) is 3. The maximum absolute atomic E-state index is 13.1. The monoisotopic (exact) mass is 389 g/mol. The molecule has 27 heavy (non-hydrogen) atoms. The first-order valence-electron chi connectivity index (χ1n) is 9.49. The van der Waals surface area contributed by atoms with Gasteiger partial charge in [-0.3, -0.25) is 14.1 Å². The number of amides is 1. The molecule has 0 aliphatic carbocycles. The van der Waals surface area contributed by atoms with E-state index in [9.17, 15) is 13.2 Å². The number of aryl methyl sites for hydroxylation is 1. The van der Waals surface area contributed by atoms with Gasteiger partial charge in [0.05, 0.1) is 17.0 Å². The number of carbonyl (C=O) groups is 1. The number of hydrogen-bond donors (Lipinski definition) is 0. The second kappa shape index (κ2) is 6.07. The standard InChI is InChI=1S/C20H27N3O3S/c1-14-5-7-15(8-6-14)27(25,26)21-11-9-17-16(13-21)19(20(2,3)4)22-12-10-18(24)23(17)22/h5-8,13,17,19H,9-12H2,1-4H3/t17-,19+/m0/s1. The van der Waals surface area contributed by atoms with Crippen molar-refractivity contribution in [1.29, 1.82) is 0 Å². The second-order valence-electron chi connectivity index (χ2n) is 8.78. The molecule has 7 heteroatoms. The van der Waals surface area contributed by atoms with E-state index < -0.39 is 10.0 Å². The van der Waals surface area contributed by atoms with Crippen LogP contribution in [0.25, 0.3) is 0 Å². The van der Waals surface area contributed by atoms with Crippen LogP contribution in [0.2, 0.25) is 0 Å². The van der Waals surface area contributed by atoms with Crippen molar-refractivity contribution >= 4 is 15.9 Å².